The molecule has 4 aromatic rings. The monoisotopic (exact) mass is 363 g/mol. The molecule has 136 valence electrons. The van der Waals surface area contributed by atoms with Crippen molar-refractivity contribution in [3.05, 3.63) is 64.9 Å². The van der Waals surface area contributed by atoms with Crippen molar-refractivity contribution in [2.45, 2.75) is 19.3 Å². The van der Waals surface area contributed by atoms with Gasteiger partial charge < -0.3 is 19.8 Å². The number of aromatic nitrogens is 4. The lowest BCUT2D eigenvalue weighted by Crippen LogP contribution is -2.11. The number of benzene rings is 2. The number of fused-ring (bicyclic) bond motifs is 1. The van der Waals surface area contributed by atoms with Gasteiger partial charge in [-0.2, -0.15) is 4.98 Å². The molecular formula is C19H17N5O3. The Bertz CT molecular complexity index is 1130. The lowest BCUT2D eigenvalue weighted by Gasteiger charge is -2.04. The van der Waals surface area contributed by atoms with Gasteiger partial charge in [0.2, 0.25) is 17.6 Å². The van der Waals surface area contributed by atoms with Crippen molar-refractivity contribution in [2.75, 3.05) is 5.32 Å². The fraction of sp³-hybridized carbons (Fsp3) is 0.158. The second-order valence-corrected chi connectivity index (χ2v) is 6.12. The smallest absolute Gasteiger partial charge is 0.323 e. The second kappa shape index (κ2) is 7.28. The van der Waals surface area contributed by atoms with E-state index in [9.17, 15) is 9.59 Å². The Labute approximate surface area is 153 Å². The Hall–Kier alpha value is -3.68. The van der Waals surface area contributed by atoms with Gasteiger partial charge in [-0.05, 0) is 24.6 Å². The maximum atomic E-state index is 12.1. The molecule has 0 aliphatic carbocycles. The Balaban J connectivity index is 1.30. The summed E-state index contributed by atoms with van der Waals surface area (Å²) in [7, 11) is 0. The third kappa shape index (κ3) is 3.95. The molecule has 0 unspecified atom stereocenters. The van der Waals surface area contributed by atoms with Crippen LogP contribution in [0.1, 0.15) is 18.7 Å². The highest BCUT2D eigenvalue weighted by molar-refractivity contribution is 5.92. The molecule has 4 rings (SSSR count). The summed E-state index contributed by atoms with van der Waals surface area (Å²) in [5.41, 5.74) is 2.60. The Morgan fingerprint density at radius 2 is 1.89 bits per heavy atom. The quantitative estimate of drug-likeness (QED) is 0.487. The molecule has 2 heterocycles. The number of hydrogen-bond acceptors (Lipinski definition) is 5. The number of rotatable bonds is 6. The van der Waals surface area contributed by atoms with Crippen molar-refractivity contribution in [2.24, 2.45) is 0 Å². The zero-order chi connectivity index (χ0) is 18.6. The van der Waals surface area contributed by atoms with Gasteiger partial charge in [0.05, 0.1) is 11.0 Å². The minimum Gasteiger partial charge on any atom is -0.339 e. The summed E-state index contributed by atoms with van der Waals surface area (Å²) in [5.74, 6) is 0.937. The van der Waals surface area contributed by atoms with Gasteiger partial charge in [-0.15, -0.1) is 0 Å². The fourth-order valence-corrected chi connectivity index (χ4v) is 2.79. The van der Waals surface area contributed by atoms with E-state index >= 15 is 0 Å². The molecule has 3 N–H and O–H groups in total. The number of nitrogens with zero attached hydrogens (tertiary/aromatic N) is 2. The zero-order valence-corrected chi connectivity index (χ0v) is 14.4. The number of nitrogens with one attached hydrogen (secondary N) is 3. The predicted octanol–water partition coefficient (Wildman–Crippen LogP) is 2.87. The number of imidazole rings is 1. The van der Waals surface area contributed by atoms with Crippen molar-refractivity contribution in [3.63, 3.8) is 0 Å². The molecule has 8 nitrogen and oxygen atoms in total. The normalized spacial score (nSPS) is 11.0. The van der Waals surface area contributed by atoms with Crippen molar-refractivity contribution in [1.29, 1.82) is 0 Å². The van der Waals surface area contributed by atoms with Crippen LogP contribution in [0.4, 0.5) is 5.69 Å². The lowest BCUT2D eigenvalue weighted by atomic mass is 10.2. The molecule has 8 heteroatoms. The van der Waals surface area contributed by atoms with E-state index in [1.807, 2.05) is 30.3 Å². The van der Waals surface area contributed by atoms with E-state index in [1.165, 1.54) is 0 Å². The zero-order valence-electron chi connectivity index (χ0n) is 14.4. The van der Waals surface area contributed by atoms with Crippen LogP contribution < -0.4 is 11.0 Å². The lowest BCUT2D eigenvalue weighted by molar-refractivity contribution is -0.116. The van der Waals surface area contributed by atoms with Crippen molar-refractivity contribution in [1.82, 2.24) is 20.1 Å². The van der Waals surface area contributed by atoms with Crippen LogP contribution in [0, 0.1) is 0 Å². The third-order valence-electron chi connectivity index (χ3n) is 4.09. The van der Waals surface area contributed by atoms with Crippen LogP contribution >= 0.6 is 0 Å². The molecule has 2 aromatic heterocycles. The van der Waals surface area contributed by atoms with Gasteiger partial charge in [-0.1, -0.05) is 35.5 Å². The molecule has 0 radical (unpaired) electrons. The minimum absolute atomic E-state index is 0.116. The third-order valence-corrected chi connectivity index (χ3v) is 4.09. The van der Waals surface area contributed by atoms with Gasteiger partial charge >= 0.3 is 5.69 Å². The van der Waals surface area contributed by atoms with E-state index in [1.54, 1.807) is 18.2 Å². The molecule has 0 atom stereocenters. The SMILES string of the molecule is O=C(CCCc1nc(-c2ccccc2)no1)Nc1ccc2[nH]c(=O)[nH]c2c1. The number of carbonyl (C=O) groups is 1. The van der Waals surface area contributed by atoms with Crippen LogP contribution in [0.25, 0.3) is 22.4 Å². The Morgan fingerprint density at radius 1 is 1.07 bits per heavy atom. The van der Waals surface area contributed by atoms with Crippen molar-refractivity contribution < 1.29 is 9.32 Å². The van der Waals surface area contributed by atoms with Crippen LogP contribution in [0.15, 0.2) is 57.8 Å². The molecular weight excluding hydrogens is 346 g/mol. The molecule has 27 heavy (non-hydrogen) atoms. The van der Waals surface area contributed by atoms with Crippen LogP contribution in [0.3, 0.4) is 0 Å². The van der Waals surface area contributed by atoms with E-state index in [0.717, 1.165) is 5.56 Å². The summed E-state index contributed by atoms with van der Waals surface area (Å²) in [5, 5.41) is 6.78. The maximum absolute atomic E-state index is 12.1. The molecule has 1 amide bonds. The number of carbonyl (C=O) groups excluding carboxylic acids is 1. The Kier molecular flexibility index (Phi) is 4.52. The van der Waals surface area contributed by atoms with E-state index in [0.29, 0.717) is 47.7 Å². The standard InChI is InChI=1S/C19H17N5O3/c25-16(20-13-9-10-14-15(11-13)22-19(26)21-14)7-4-8-17-23-18(24-27-17)12-5-2-1-3-6-12/h1-3,5-6,9-11H,4,7-8H2,(H,20,25)(H2,21,22,26). The molecule has 0 fully saturated rings. The second-order valence-electron chi connectivity index (χ2n) is 6.12. The summed E-state index contributed by atoms with van der Waals surface area (Å²) in [4.78, 5) is 33.1. The van der Waals surface area contributed by atoms with Gasteiger partial charge in [0.25, 0.3) is 0 Å². The highest BCUT2D eigenvalue weighted by atomic mass is 16.5. The average molecular weight is 363 g/mol. The number of H-pyrrole nitrogens is 2. The number of anilines is 1. The molecule has 2 aromatic carbocycles. The first-order chi connectivity index (χ1) is 13.2. The number of aromatic amines is 2. The summed E-state index contributed by atoms with van der Waals surface area (Å²) in [6.07, 6.45) is 1.44. The first-order valence-corrected chi connectivity index (χ1v) is 8.57. The summed E-state index contributed by atoms with van der Waals surface area (Å²) >= 11 is 0. The molecule has 0 saturated heterocycles. The highest BCUT2D eigenvalue weighted by Crippen LogP contribution is 2.17. The van der Waals surface area contributed by atoms with Gasteiger partial charge in [-0.25, -0.2) is 4.79 Å². The van der Waals surface area contributed by atoms with E-state index in [-0.39, 0.29) is 11.6 Å². The van der Waals surface area contributed by atoms with Crippen LogP contribution in [0.5, 0.6) is 0 Å². The van der Waals surface area contributed by atoms with Gasteiger partial charge in [0, 0.05) is 24.1 Å². The molecule has 0 bridgehead atoms. The van der Waals surface area contributed by atoms with E-state index in [2.05, 4.69) is 25.4 Å². The van der Waals surface area contributed by atoms with Crippen LogP contribution in [0.2, 0.25) is 0 Å². The fourth-order valence-electron chi connectivity index (χ4n) is 2.79. The molecule has 0 saturated carbocycles. The minimum atomic E-state index is -0.275. The van der Waals surface area contributed by atoms with E-state index < -0.39 is 0 Å². The molecule has 0 aliphatic rings. The first-order valence-electron chi connectivity index (χ1n) is 8.57. The molecule has 0 spiro atoms. The largest absolute Gasteiger partial charge is 0.339 e. The van der Waals surface area contributed by atoms with Crippen LogP contribution in [-0.2, 0) is 11.2 Å². The number of amides is 1. The van der Waals surface area contributed by atoms with Crippen LogP contribution in [-0.4, -0.2) is 26.0 Å². The van der Waals surface area contributed by atoms with Crippen molar-refractivity contribution in [3.8, 4) is 11.4 Å². The predicted molar refractivity (Wildman–Crippen MR) is 100 cm³/mol. The van der Waals surface area contributed by atoms with Gasteiger partial charge in [0.1, 0.15) is 0 Å². The Morgan fingerprint density at radius 3 is 2.74 bits per heavy atom. The van der Waals surface area contributed by atoms with Gasteiger partial charge in [-0.3, -0.25) is 4.79 Å². The highest BCUT2D eigenvalue weighted by Gasteiger charge is 2.10. The number of aryl methyl sites for hydroxylation is 1. The van der Waals surface area contributed by atoms with E-state index in [4.69, 9.17) is 4.52 Å². The maximum Gasteiger partial charge on any atom is 0.323 e. The van der Waals surface area contributed by atoms with Crippen molar-refractivity contribution >= 4 is 22.6 Å². The first kappa shape index (κ1) is 16.8. The number of hydrogen-bond donors (Lipinski definition) is 3. The summed E-state index contributed by atoms with van der Waals surface area (Å²) < 4.78 is 5.24. The summed E-state index contributed by atoms with van der Waals surface area (Å²) in [6.45, 7) is 0. The topological polar surface area (TPSA) is 117 Å². The molecule has 0 aliphatic heterocycles. The van der Waals surface area contributed by atoms with Gasteiger partial charge in [0.15, 0.2) is 0 Å². The average Bonchev–Trinajstić information content (AvgIpc) is 3.28. The summed E-state index contributed by atoms with van der Waals surface area (Å²) in [6, 6.07) is 14.8.